The number of rotatable bonds is 5. The van der Waals surface area contributed by atoms with Gasteiger partial charge in [0, 0.05) is 11.1 Å². The van der Waals surface area contributed by atoms with E-state index >= 15 is 0 Å². The van der Waals surface area contributed by atoms with Crippen LogP contribution in [0, 0.1) is 6.92 Å². The standard InChI is InChI=1S/C20H18N4O.ClH/c1-14-8-10-15(11-9-14)22-20-23-18-7-3-2-6-17(18)19(24-20)21-13-16-5-4-12-25-16;/h2-12H,13H2,1H3,(H2,21,22,23,24);1H. The summed E-state index contributed by atoms with van der Waals surface area (Å²) >= 11 is 0. The van der Waals surface area contributed by atoms with Crippen molar-refractivity contribution < 1.29 is 4.42 Å². The minimum Gasteiger partial charge on any atom is -0.467 e. The summed E-state index contributed by atoms with van der Waals surface area (Å²) in [6, 6.07) is 19.9. The first-order valence-corrected chi connectivity index (χ1v) is 8.15. The summed E-state index contributed by atoms with van der Waals surface area (Å²) in [5.41, 5.74) is 3.05. The molecular weight excluding hydrogens is 348 g/mol. The van der Waals surface area contributed by atoms with Crippen molar-refractivity contribution >= 4 is 40.8 Å². The van der Waals surface area contributed by atoms with Crippen molar-refractivity contribution in [1.29, 1.82) is 0 Å². The lowest BCUT2D eigenvalue weighted by Gasteiger charge is -2.11. The lowest BCUT2D eigenvalue weighted by molar-refractivity contribution is 0.518. The van der Waals surface area contributed by atoms with Gasteiger partial charge in [0.05, 0.1) is 18.3 Å². The van der Waals surface area contributed by atoms with Crippen LogP contribution in [0.5, 0.6) is 0 Å². The third kappa shape index (κ3) is 3.95. The zero-order valence-electron chi connectivity index (χ0n) is 14.3. The molecule has 0 aliphatic rings. The average Bonchev–Trinajstić information content (AvgIpc) is 3.15. The van der Waals surface area contributed by atoms with E-state index in [1.54, 1.807) is 6.26 Å². The van der Waals surface area contributed by atoms with Crippen LogP contribution in [-0.2, 0) is 6.54 Å². The number of aromatic nitrogens is 2. The maximum atomic E-state index is 5.38. The largest absolute Gasteiger partial charge is 0.467 e. The highest BCUT2D eigenvalue weighted by Gasteiger charge is 2.08. The number of aryl methyl sites for hydroxylation is 1. The van der Waals surface area contributed by atoms with Gasteiger partial charge in [0.15, 0.2) is 0 Å². The summed E-state index contributed by atoms with van der Waals surface area (Å²) < 4.78 is 5.38. The Morgan fingerprint density at radius 2 is 1.73 bits per heavy atom. The molecule has 0 saturated carbocycles. The third-order valence-electron chi connectivity index (χ3n) is 3.92. The Hall–Kier alpha value is -3.05. The molecule has 0 spiro atoms. The second-order valence-corrected chi connectivity index (χ2v) is 5.84. The van der Waals surface area contributed by atoms with Crippen molar-refractivity contribution in [3.05, 3.63) is 78.3 Å². The summed E-state index contributed by atoms with van der Waals surface area (Å²) in [4.78, 5) is 9.26. The highest BCUT2D eigenvalue weighted by molar-refractivity contribution is 5.90. The fourth-order valence-electron chi connectivity index (χ4n) is 2.62. The van der Waals surface area contributed by atoms with Crippen molar-refractivity contribution in [1.82, 2.24) is 9.97 Å². The van der Waals surface area contributed by atoms with Gasteiger partial charge in [0.25, 0.3) is 0 Å². The van der Waals surface area contributed by atoms with Gasteiger partial charge in [-0.2, -0.15) is 4.98 Å². The fourth-order valence-corrected chi connectivity index (χ4v) is 2.62. The van der Waals surface area contributed by atoms with Gasteiger partial charge in [-0.15, -0.1) is 12.4 Å². The molecule has 2 heterocycles. The number of anilines is 3. The van der Waals surface area contributed by atoms with Crippen LogP contribution < -0.4 is 10.6 Å². The van der Waals surface area contributed by atoms with Crippen LogP contribution in [0.3, 0.4) is 0 Å². The summed E-state index contributed by atoms with van der Waals surface area (Å²) in [6.07, 6.45) is 1.67. The second-order valence-electron chi connectivity index (χ2n) is 5.84. The molecule has 0 radical (unpaired) electrons. The van der Waals surface area contributed by atoms with Gasteiger partial charge in [0.1, 0.15) is 11.6 Å². The first-order chi connectivity index (χ1) is 12.3. The van der Waals surface area contributed by atoms with E-state index in [9.17, 15) is 0 Å². The summed E-state index contributed by atoms with van der Waals surface area (Å²) in [5.74, 6) is 2.19. The molecule has 0 atom stereocenters. The topological polar surface area (TPSA) is 63.0 Å². The third-order valence-corrected chi connectivity index (χ3v) is 3.92. The van der Waals surface area contributed by atoms with E-state index in [0.29, 0.717) is 12.5 Å². The number of benzene rings is 2. The van der Waals surface area contributed by atoms with E-state index in [1.165, 1.54) is 5.56 Å². The molecule has 0 fully saturated rings. The van der Waals surface area contributed by atoms with Crippen molar-refractivity contribution in [3.63, 3.8) is 0 Å². The molecule has 2 N–H and O–H groups in total. The smallest absolute Gasteiger partial charge is 0.229 e. The van der Waals surface area contributed by atoms with E-state index in [-0.39, 0.29) is 12.4 Å². The number of hydrogen-bond donors (Lipinski definition) is 2. The molecule has 26 heavy (non-hydrogen) atoms. The second kappa shape index (κ2) is 7.89. The van der Waals surface area contributed by atoms with Gasteiger partial charge in [0.2, 0.25) is 5.95 Å². The molecule has 5 nitrogen and oxygen atoms in total. The van der Waals surface area contributed by atoms with Crippen molar-refractivity contribution in [3.8, 4) is 0 Å². The highest BCUT2D eigenvalue weighted by Crippen LogP contribution is 2.24. The van der Waals surface area contributed by atoms with Gasteiger partial charge in [-0.3, -0.25) is 0 Å². The Morgan fingerprint density at radius 1 is 0.923 bits per heavy atom. The lowest BCUT2D eigenvalue weighted by atomic mass is 10.2. The SMILES string of the molecule is Cc1ccc(Nc2nc(NCc3ccco3)c3ccccc3n2)cc1.Cl. The molecule has 4 rings (SSSR count). The Balaban J connectivity index is 0.00000196. The monoisotopic (exact) mass is 366 g/mol. The van der Waals surface area contributed by atoms with Crippen LogP contribution in [0.2, 0.25) is 0 Å². The van der Waals surface area contributed by atoms with Crippen molar-refractivity contribution in [2.45, 2.75) is 13.5 Å². The summed E-state index contributed by atoms with van der Waals surface area (Å²) in [6.45, 7) is 2.63. The van der Waals surface area contributed by atoms with Gasteiger partial charge in [-0.25, -0.2) is 4.98 Å². The fraction of sp³-hybridized carbons (Fsp3) is 0.100. The number of para-hydroxylation sites is 1. The number of halogens is 1. The van der Waals surface area contributed by atoms with Crippen LogP contribution in [-0.4, -0.2) is 9.97 Å². The van der Waals surface area contributed by atoms with Crippen LogP contribution in [0.25, 0.3) is 10.9 Å². The van der Waals surface area contributed by atoms with Crippen LogP contribution in [0.1, 0.15) is 11.3 Å². The predicted octanol–water partition coefficient (Wildman–Crippen LogP) is 5.31. The zero-order chi connectivity index (χ0) is 17.1. The van der Waals surface area contributed by atoms with Crippen LogP contribution >= 0.6 is 12.4 Å². The van der Waals surface area contributed by atoms with Crippen molar-refractivity contribution in [2.75, 3.05) is 10.6 Å². The number of nitrogens with one attached hydrogen (secondary N) is 2. The molecule has 0 amide bonds. The quantitative estimate of drug-likeness (QED) is 0.501. The van der Waals surface area contributed by atoms with E-state index in [2.05, 4.69) is 39.7 Å². The van der Waals surface area contributed by atoms with E-state index in [1.807, 2.05) is 48.5 Å². The van der Waals surface area contributed by atoms with Crippen LogP contribution in [0.4, 0.5) is 17.5 Å². The van der Waals surface area contributed by atoms with Gasteiger partial charge in [-0.1, -0.05) is 29.8 Å². The maximum absolute atomic E-state index is 5.38. The Morgan fingerprint density at radius 3 is 2.50 bits per heavy atom. The minimum absolute atomic E-state index is 0. The Bertz CT molecular complexity index is 985. The van der Waals surface area contributed by atoms with E-state index in [4.69, 9.17) is 4.42 Å². The summed E-state index contributed by atoms with van der Waals surface area (Å²) in [7, 11) is 0. The number of fused-ring (bicyclic) bond motifs is 1. The normalized spacial score (nSPS) is 10.3. The molecule has 2 aromatic carbocycles. The molecule has 0 saturated heterocycles. The molecule has 2 aromatic heterocycles. The van der Waals surface area contributed by atoms with Crippen LogP contribution in [0.15, 0.2) is 71.3 Å². The maximum Gasteiger partial charge on any atom is 0.229 e. The lowest BCUT2D eigenvalue weighted by Crippen LogP contribution is -2.05. The van der Waals surface area contributed by atoms with Gasteiger partial charge < -0.3 is 15.1 Å². The number of hydrogen-bond acceptors (Lipinski definition) is 5. The molecule has 0 aliphatic heterocycles. The van der Waals surface area contributed by atoms with Gasteiger partial charge >= 0.3 is 0 Å². The molecule has 0 unspecified atom stereocenters. The number of nitrogens with zero attached hydrogens (tertiary/aromatic N) is 2. The minimum atomic E-state index is 0. The first kappa shape index (κ1) is 17.8. The molecule has 4 aromatic rings. The zero-order valence-corrected chi connectivity index (χ0v) is 15.1. The molecule has 0 bridgehead atoms. The molecular formula is C20H19ClN4O. The summed E-state index contributed by atoms with van der Waals surface area (Å²) in [5, 5.41) is 7.59. The Labute approximate surface area is 157 Å². The predicted molar refractivity (Wildman–Crippen MR) is 107 cm³/mol. The highest BCUT2D eigenvalue weighted by atomic mass is 35.5. The molecule has 132 valence electrons. The van der Waals surface area contributed by atoms with Gasteiger partial charge in [-0.05, 0) is 43.3 Å². The Kier molecular flexibility index (Phi) is 5.39. The molecule has 6 heteroatoms. The van der Waals surface area contributed by atoms with E-state index in [0.717, 1.165) is 28.2 Å². The van der Waals surface area contributed by atoms with Crippen molar-refractivity contribution in [2.24, 2.45) is 0 Å². The first-order valence-electron chi connectivity index (χ1n) is 8.15. The molecule has 0 aliphatic carbocycles. The van der Waals surface area contributed by atoms with E-state index < -0.39 is 0 Å². The average molecular weight is 367 g/mol. The number of furan rings is 1.